The molecule has 1 N–H and O–H groups in total. The summed E-state index contributed by atoms with van der Waals surface area (Å²) >= 11 is 0. The van der Waals surface area contributed by atoms with Crippen molar-refractivity contribution in [1.29, 1.82) is 0 Å². The summed E-state index contributed by atoms with van der Waals surface area (Å²) in [6.45, 7) is 5.13. The third-order valence-electron chi connectivity index (χ3n) is 3.44. The Labute approximate surface area is 119 Å². The summed E-state index contributed by atoms with van der Waals surface area (Å²) in [5, 5.41) is 7.77. The van der Waals surface area contributed by atoms with Crippen LogP contribution < -0.4 is 10.1 Å². The molecule has 4 nitrogen and oxygen atoms in total. The molecule has 0 aliphatic heterocycles. The SMILES string of the molecule is CC(C)n1cc(Oc2ccc(CNC3CC3)cc2)cn1. The lowest BCUT2D eigenvalue weighted by Crippen LogP contribution is -2.14. The van der Waals surface area contributed by atoms with Crippen LogP contribution in [0.1, 0.15) is 38.3 Å². The van der Waals surface area contributed by atoms with Gasteiger partial charge in [-0.2, -0.15) is 5.10 Å². The summed E-state index contributed by atoms with van der Waals surface area (Å²) in [4.78, 5) is 0. The van der Waals surface area contributed by atoms with Gasteiger partial charge >= 0.3 is 0 Å². The van der Waals surface area contributed by atoms with E-state index in [0.29, 0.717) is 6.04 Å². The van der Waals surface area contributed by atoms with E-state index in [-0.39, 0.29) is 0 Å². The molecule has 1 aromatic heterocycles. The fourth-order valence-corrected chi connectivity index (χ4v) is 2.02. The van der Waals surface area contributed by atoms with Gasteiger partial charge in [0.25, 0.3) is 0 Å². The molecule has 1 aliphatic rings. The van der Waals surface area contributed by atoms with E-state index in [4.69, 9.17) is 4.74 Å². The van der Waals surface area contributed by atoms with Gasteiger partial charge in [-0.05, 0) is 44.4 Å². The fourth-order valence-electron chi connectivity index (χ4n) is 2.02. The molecule has 4 heteroatoms. The number of rotatable bonds is 6. The molecule has 0 spiro atoms. The molecule has 20 heavy (non-hydrogen) atoms. The summed E-state index contributed by atoms with van der Waals surface area (Å²) < 4.78 is 7.69. The molecule has 0 atom stereocenters. The van der Waals surface area contributed by atoms with Crippen LogP contribution >= 0.6 is 0 Å². The topological polar surface area (TPSA) is 39.1 Å². The number of nitrogens with one attached hydrogen (secondary N) is 1. The van der Waals surface area contributed by atoms with Crippen molar-refractivity contribution in [2.75, 3.05) is 0 Å². The number of benzene rings is 1. The van der Waals surface area contributed by atoms with E-state index in [1.165, 1.54) is 18.4 Å². The number of nitrogens with zero attached hydrogens (tertiary/aromatic N) is 2. The van der Waals surface area contributed by atoms with Crippen LogP contribution in [-0.4, -0.2) is 15.8 Å². The second kappa shape index (κ2) is 5.67. The smallest absolute Gasteiger partial charge is 0.165 e. The van der Waals surface area contributed by atoms with Crippen molar-refractivity contribution >= 4 is 0 Å². The zero-order valence-corrected chi connectivity index (χ0v) is 12.0. The van der Waals surface area contributed by atoms with Gasteiger partial charge in [-0.15, -0.1) is 0 Å². The Morgan fingerprint density at radius 3 is 2.60 bits per heavy atom. The maximum absolute atomic E-state index is 5.80. The molecule has 1 saturated carbocycles. The third-order valence-corrected chi connectivity index (χ3v) is 3.44. The molecule has 0 radical (unpaired) electrons. The first kappa shape index (κ1) is 13.2. The van der Waals surface area contributed by atoms with Gasteiger partial charge in [-0.1, -0.05) is 12.1 Å². The van der Waals surface area contributed by atoms with Crippen LogP contribution in [0.5, 0.6) is 11.5 Å². The molecular formula is C16H21N3O. The van der Waals surface area contributed by atoms with Crippen molar-refractivity contribution in [2.24, 2.45) is 0 Å². The first-order chi connectivity index (χ1) is 9.70. The van der Waals surface area contributed by atoms with Crippen molar-refractivity contribution in [3.8, 4) is 11.5 Å². The van der Waals surface area contributed by atoms with Gasteiger partial charge in [0.1, 0.15) is 5.75 Å². The summed E-state index contributed by atoms with van der Waals surface area (Å²) in [5.74, 6) is 1.63. The maximum Gasteiger partial charge on any atom is 0.165 e. The van der Waals surface area contributed by atoms with Gasteiger partial charge in [0.05, 0.1) is 12.4 Å². The summed E-state index contributed by atoms with van der Waals surface area (Å²) in [6.07, 6.45) is 6.32. The predicted molar refractivity (Wildman–Crippen MR) is 79.0 cm³/mol. The predicted octanol–water partition coefficient (Wildman–Crippen LogP) is 3.51. The lowest BCUT2D eigenvalue weighted by atomic mass is 10.2. The van der Waals surface area contributed by atoms with Crippen molar-refractivity contribution in [3.05, 3.63) is 42.2 Å². The lowest BCUT2D eigenvalue weighted by molar-refractivity contribution is 0.477. The second-order valence-corrected chi connectivity index (χ2v) is 5.65. The average molecular weight is 271 g/mol. The molecule has 1 aliphatic carbocycles. The van der Waals surface area contributed by atoms with Crippen molar-refractivity contribution in [2.45, 2.75) is 45.3 Å². The van der Waals surface area contributed by atoms with Gasteiger partial charge in [0.15, 0.2) is 5.75 Å². The van der Waals surface area contributed by atoms with Gasteiger partial charge in [-0.3, -0.25) is 4.68 Å². The fraction of sp³-hybridized carbons (Fsp3) is 0.438. The van der Waals surface area contributed by atoms with E-state index >= 15 is 0 Å². The number of aromatic nitrogens is 2. The Morgan fingerprint density at radius 1 is 1.25 bits per heavy atom. The van der Waals surface area contributed by atoms with E-state index in [0.717, 1.165) is 24.1 Å². The van der Waals surface area contributed by atoms with Crippen molar-refractivity contribution < 1.29 is 4.74 Å². The number of ether oxygens (including phenoxy) is 1. The Bertz CT molecular complexity index is 555. The van der Waals surface area contributed by atoms with E-state index in [1.54, 1.807) is 6.20 Å². The van der Waals surface area contributed by atoms with Crippen LogP contribution in [0.4, 0.5) is 0 Å². The highest BCUT2D eigenvalue weighted by molar-refractivity contribution is 5.31. The van der Waals surface area contributed by atoms with Crippen molar-refractivity contribution in [1.82, 2.24) is 15.1 Å². The van der Waals surface area contributed by atoms with Crippen LogP contribution in [-0.2, 0) is 6.54 Å². The quantitative estimate of drug-likeness (QED) is 0.874. The molecular weight excluding hydrogens is 250 g/mol. The average Bonchev–Trinajstić information content (AvgIpc) is 3.15. The molecule has 1 fully saturated rings. The van der Waals surface area contributed by atoms with E-state index in [2.05, 4.69) is 36.4 Å². The summed E-state index contributed by atoms with van der Waals surface area (Å²) in [6, 6.07) is 9.33. The minimum atomic E-state index is 0.350. The van der Waals surface area contributed by atoms with Crippen LogP contribution in [0.2, 0.25) is 0 Å². The highest BCUT2D eigenvalue weighted by Crippen LogP contribution is 2.23. The van der Waals surface area contributed by atoms with E-state index in [1.807, 2.05) is 23.0 Å². The molecule has 0 saturated heterocycles. The third kappa shape index (κ3) is 3.39. The van der Waals surface area contributed by atoms with Gasteiger partial charge in [0, 0.05) is 18.6 Å². The highest BCUT2D eigenvalue weighted by Gasteiger charge is 2.19. The van der Waals surface area contributed by atoms with E-state index < -0.39 is 0 Å². The van der Waals surface area contributed by atoms with Gasteiger partial charge in [0.2, 0.25) is 0 Å². The first-order valence-electron chi connectivity index (χ1n) is 7.25. The molecule has 0 amide bonds. The lowest BCUT2D eigenvalue weighted by Gasteiger charge is -2.06. The van der Waals surface area contributed by atoms with Crippen LogP contribution in [0.25, 0.3) is 0 Å². The Kier molecular flexibility index (Phi) is 3.74. The zero-order chi connectivity index (χ0) is 13.9. The number of hydrogen-bond donors (Lipinski definition) is 1. The minimum Gasteiger partial charge on any atom is -0.454 e. The molecule has 0 bridgehead atoms. The molecule has 0 unspecified atom stereocenters. The highest BCUT2D eigenvalue weighted by atomic mass is 16.5. The van der Waals surface area contributed by atoms with Crippen LogP contribution in [0.15, 0.2) is 36.7 Å². The second-order valence-electron chi connectivity index (χ2n) is 5.65. The molecule has 1 heterocycles. The molecule has 106 valence electrons. The standard InChI is InChI=1S/C16H21N3O/c1-12(2)19-11-16(10-18-19)20-15-7-3-13(4-8-15)9-17-14-5-6-14/h3-4,7-8,10-12,14,17H,5-6,9H2,1-2H3. The Morgan fingerprint density at radius 2 is 2.00 bits per heavy atom. The van der Waals surface area contributed by atoms with Crippen LogP contribution in [0, 0.1) is 0 Å². The van der Waals surface area contributed by atoms with Gasteiger partial charge in [-0.25, -0.2) is 0 Å². The minimum absolute atomic E-state index is 0.350. The maximum atomic E-state index is 5.80. The summed E-state index contributed by atoms with van der Waals surface area (Å²) in [7, 11) is 0. The monoisotopic (exact) mass is 271 g/mol. The Balaban J connectivity index is 1.58. The molecule has 2 aromatic rings. The van der Waals surface area contributed by atoms with Crippen LogP contribution in [0.3, 0.4) is 0 Å². The zero-order valence-electron chi connectivity index (χ0n) is 12.0. The van der Waals surface area contributed by atoms with Crippen molar-refractivity contribution in [3.63, 3.8) is 0 Å². The molecule has 3 rings (SSSR count). The molecule has 1 aromatic carbocycles. The largest absolute Gasteiger partial charge is 0.454 e. The Hall–Kier alpha value is -1.81. The van der Waals surface area contributed by atoms with Gasteiger partial charge < -0.3 is 10.1 Å². The number of hydrogen-bond acceptors (Lipinski definition) is 3. The van der Waals surface area contributed by atoms with E-state index in [9.17, 15) is 0 Å². The first-order valence-corrected chi connectivity index (χ1v) is 7.25. The normalized spacial score (nSPS) is 14.8. The summed E-state index contributed by atoms with van der Waals surface area (Å²) in [5.41, 5.74) is 1.29.